The zero-order valence-electron chi connectivity index (χ0n) is 15.4. The van der Waals surface area contributed by atoms with Crippen LogP contribution >= 0.6 is 34.8 Å². The van der Waals surface area contributed by atoms with Crippen molar-refractivity contribution in [3.63, 3.8) is 0 Å². The van der Waals surface area contributed by atoms with Crippen molar-refractivity contribution in [1.29, 1.82) is 5.26 Å². The van der Waals surface area contributed by atoms with Crippen molar-refractivity contribution in [3.8, 4) is 17.6 Å². The summed E-state index contributed by atoms with van der Waals surface area (Å²) < 4.78 is 10.7. The largest absolute Gasteiger partial charge is 0.480 e. The monoisotopic (exact) mass is 457 g/mol. The molecule has 0 amide bonds. The number of carbonyl (C=O) groups is 1. The van der Waals surface area contributed by atoms with Crippen LogP contribution in [0.25, 0.3) is 11.6 Å². The summed E-state index contributed by atoms with van der Waals surface area (Å²) in [6, 6.07) is 20.6. The number of rotatable bonds is 6. The second kappa shape index (κ2) is 10.2. The number of hydrogen-bond acceptors (Lipinski definition) is 4. The van der Waals surface area contributed by atoms with Gasteiger partial charge < -0.3 is 9.47 Å². The van der Waals surface area contributed by atoms with Crippen LogP contribution in [-0.4, -0.2) is 12.6 Å². The van der Waals surface area contributed by atoms with Crippen LogP contribution in [0.2, 0.25) is 15.1 Å². The van der Waals surface area contributed by atoms with Crippen molar-refractivity contribution in [2.75, 3.05) is 6.61 Å². The Balaban J connectivity index is 1.68. The van der Waals surface area contributed by atoms with Crippen LogP contribution in [0, 0.1) is 11.3 Å². The molecule has 0 saturated heterocycles. The van der Waals surface area contributed by atoms with Crippen LogP contribution < -0.4 is 9.47 Å². The molecule has 3 aromatic rings. The summed E-state index contributed by atoms with van der Waals surface area (Å²) in [5.74, 6) is 0.0598. The van der Waals surface area contributed by atoms with Crippen molar-refractivity contribution in [3.05, 3.63) is 92.9 Å². The summed E-state index contributed by atoms with van der Waals surface area (Å²) >= 11 is 17.7. The van der Waals surface area contributed by atoms with Gasteiger partial charge in [0.25, 0.3) is 0 Å². The lowest BCUT2D eigenvalue weighted by Crippen LogP contribution is -2.17. The highest BCUT2D eigenvalue weighted by atomic mass is 35.5. The molecule has 0 heterocycles. The van der Waals surface area contributed by atoms with E-state index in [1.165, 1.54) is 6.07 Å². The second-order valence-corrected chi connectivity index (χ2v) is 7.37. The van der Waals surface area contributed by atoms with Gasteiger partial charge in [0.1, 0.15) is 11.5 Å². The maximum Gasteiger partial charge on any atom is 0.349 e. The molecule has 0 saturated carbocycles. The molecule has 0 fully saturated rings. The average molecular weight is 459 g/mol. The van der Waals surface area contributed by atoms with Crippen LogP contribution in [-0.2, 0) is 4.79 Å². The van der Waals surface area contributed by atoms with Gasteiger partial charge in [0.05, 0.1) is 16.7 Å². The highest BCUT2D eigenvalue weighted by molar-refractivity contribution is 6.35. The Kier molecular flexibility index (Phi) is 7.37. The van der Waals surface area contributed by atoms with Crippen LogP contribution in [0.1, 0.15) is 11.1 Å². The standard InChI is InChI=1S/C23H14Cl3NO3/c24-18-6-4-16(5-7-18)17(13-27)10-15-2-1-3-20(11-15)30-23(28)14-29-22-9-8-19(25)12-21(22)26/h1-12H,14H2/b17-10-. The molecule has 0 aliphatic carbocycles. The van der Waals surface area contributed by atoms with E-state index < -0.39 is 5.97 Å². The van der Waals surface area contributed by atoms with Gasteiger partial charge in [-0.05, 0) is 59.7 Å². The van der Waals surface area contributed by atoms with Crippen molar-refractivity contribution in [2.45, 2.75) is 0 Å². The highest BCUT2D eigenvalue weighted by Crippen LogP contribution is 2.27. The lowest BCUT2D eigenvalue weighted by molar-refractivity contribution is -0.136. The zero-order valence-corrected chi connectivity index (χ0v) is 17.7. The number of esters is 1. The third kappa shape index (κ3) is 6.01. The molecule has 30 heavy (non-hydrogen) atoms. The zero-order chi connectivity index (χ0) is 21.5. The van der Waals surface area contributed by atoms with Crippen LogP contribution in [0.15, 0.2) is 66.7 Å². The minimum atomic E-state index is -0.597. The van der Waals surface area contributed by atoms with E-state index in [1.54, 1.807) is 66.7 Å². The Bertz CT molecular complexity index is 1140. The summed E-state index contributed by atoms with van der Waals surface area (Å²) in [6.07, 6.45) is 1.70. The number of carbonyl (C=O) groups excluding carboxylic acids is 1. The summed E-state index contributed by atoms with van der Waals surface area (Å²) in [7, 11) is 0. The fourth-order valence-electron chi connectivity index (χ4n) is 2.53. The summed E-state index contributed by atoms with van der Waals surface area (Å²) in [4.78, 5) is 12.1. The molecular formula is C23H14Cl3NO3. The molecule has 0 spiro atoms. The number of ether oxygens (including phenoxy) is 2. The first-order valence-corrected chi connectivity index (χ1v) is 9.84. The van der Waals surface area contributed by atoms with Gasteiger partial charge in [-0.15, -0.1) is 0 Å². The Morgan fingerprint density at radius 3 is 2.40 bits per heavy atom. The number of benzene rings is 3. The SMILES string of the molecule is N#C/C(=C/c1cccc(OC(=O)COc2ccc(Cl)cc2Cl)c1)c1ccc(Cl)cc1. The van der Waals surface area contributed by atoms with Gasteiger partial charge >= 0.3 is 5.97 Å². The van der Waals surface area contributed by atoms with E-state index in [0.717, 1.165) is 5.56 Å². The lowest BCUT2D eigenvalue weighted by atomic mass is 10.0. The summed E-state index contributed by atoms with van der Waals surface area (Å²) in [6.45, 7) is -0.324. The van der Waals surface area contributed by atoms with E-state index in [1.807, 2.05) is 0 Å². The van der Waals surface area contributed by atoms with Crippen LogP contribution in [0.5, 0.6) is 11.5 Å². The van der Waals surface area contributed by atoms with Crippen LogP contribution in [0.3, 0.4) is 0 Å². The first-order valence-electron chi connectivity index (χ1n) is 8.71. The number of hydrogen-bond donors (Lipinski definition) is 0. The van der Waals surface area contributed by atoms with E-state index in [0.29, 0.717) is 37.7 Å². The fraction of sp³-hybridized carbons (Fsp3) is 0.0435. The van der Waals surface area contributed by atoms with Crippen molar-refractivity contribution in [1.82, 2.24) is 0 Å². The molecule has 0 N–H and O–H groups in total. The minimum Gasteiger partial charge on any atom is -0.480 e. The van der Waals surface area contributed by atoms with Gasteiger partial charge in [-0.2, -0.15) is 5.26 Å². The fourth-order valence-corrected chi connectivity index (χ4v) is 3.12. The number of nitrogens with zero attached hydrogens (tertiary/aromatic N) is 1. The molecule has 0 atom stereocenters. The normalized spacial score (nSPS) is 10.9. The van der Waals surface area contributed by atoms with Gasteiger partial charge in [0, 0.05) is 10.0 Å². The quantitative estimate of drug-likeness (QED) is 0.179. The Morgan fingerprint density at radius 1 is 0.967 bits per heavy atom. The molecule has 0 bridgehead atoms. The molecule has 0 aliphatic heterocycles. The van der Waals surface area contributed by atoms with Crippen molar-refractivity contribution < 1.29 is 14.3 Å². The first kappa shape index (κ1) is 21.7. The van der Waals surface area contributed by atoms with E-state index in [4.69, 9.17) is 44.3 Å². The molecule has 0 unspecified atom stereocenters. The molecule has 150 valence electrons. The van der Waals surface area contributed by atoms with Gasteiger partial charge in [-0.25, -0.2) is 4.79 Å². The molecular weight excluding hydrogens is 445 g/mol. The van der Waals surface area contributed by atoms with Gasteiger partial charge in [0.2, 0.25) is 0 Å². The molecule has 3 rings (SSSR count). The number of allylic oxidation sites excluding steroid dienone is 1. The van der Waals surface area contributed by atoms with E-state index in [-0.39, 0.29) is 6.61 Å². The number of nitriles is 1. The predicted molar refractivity (Wildman–Crippen MR) is 119 cm³/mol. The molecule has 3 aromatic carbocycles. The summed E-state index contributed by atoms with van der Waals surface area (Å²) in [5, 5.41) is 10.8. The Morgan fingerprint density at radius 2 is 1.70 bits per heavy atom. The van der Waals surface area contributed by atoms with Crippen LogP contribution in [0.4, 0.5) is 0 Å². The van der Waals surface area contributed by atoms with E-state index in [2.05, 4.69) is 6.07 Å². The molecule has 0 aliphatic rings. The number of halogens is 3. The lowest BCUT2D eigenvalue weighted by Gasteiger charge is -2.09. The predicted octanol–water partition coefficient (Wildman–Crippen LogP) is 6.70. The highest BCUT2D eigenvalue weighted by Gasteiger charge is 2.09. The minimum absolute atomic E-state index is 0.300. The third-order valence-corrected chi connectivity index (χ3v) is 4.70. The molecule has 0 radical (unpaired) electrons. The van der Waals surface area contributed by atoms with Gasteiger partial charge in [-0.1, -0.05) is 59.1 Å². The van der Waals surface area contributed by atoms with Crippen molar-refractivity contribution in [2.24, 2.45) is 0 Å². The molecule has 4 nitrogen and oxygen atoms in total. The van der Waals surface area contributed by atoms with E-state index >= 15 is 0 Å². The van der Waals surface area contributed by atoms with Gasteiger partial charge in [-0.3, -0.25) is 0 Å². The maximum atomic E-state index is 12.1. The molecule has 7 heteroatoms. The van der Waals surface area contributed by atoms with Crippen molar-refractivity contribution >= 4 is 52.4 Å². The third-order valence-electron chi connectivity index (χ3n) is 3.92. The van der Waals surface area contributed by atoms with E-state index in [9.17, 15) is 10.1 Å². The second-order valence-electron chi connectivity index (χ2n) is 6.09. The van der Waals surface area contributed by atoms with Gasteiger partial charge in [0.15, 0.2) is 6.61 Å². The Hall–Kier alpha value is -2.97. The Labute approximate surface area is 188 Å². The maximum absolute atomic E-state index is 12.1. The average Bonchev–Trinajstić information content (AvgIpc) is 2.72. The molecule has 0 aromatic heterocycles. The smallest absolute Gasteiger partial charge is 0.349 e. The topological polar surface area (TPSA) is 59.3 Å². The summed E-state index contributed by atoms with van der Waals surface area (Å²) in [5.41, 5.74) is 1.89. The first-order chi connectivity index (χ1) is 14.4.